The Balaban J connectivity index is 2.54. The van der Waals surface area contributed by atoms with Gasteiger partial charge in [0, 0.05) is 24.1 Å². The highest BCUT2D eigenvalue weighted by Crippen LogP contribution is 2.35. The summed E-state index contributed by atoms with van der Waals surface area (Å²) in [5.74, 6) is 1.13. The Morgan fingerprint density at radius 2 is 1.81 bits per heavy atom. The van der Waals surface area contributed by atoms with Gasteiger partial charge in [0.1, 0.15) is 17.7 Å². The number of ether oxygens (including phenoxy) is 1. The second-order valence-electron chi connectivity index (χ2n) is 10.3. The van der Waals surface area contributed by atoms with Crippen LogP contribution in [0.15, 0.2) is 24.3 Å². The van der Waals surface area contributed by atoms with Crippen LogP contribution in [0.2, 0.25) is 0 Å². The Bertz CT molecular complexity index is 1000. The normalized spacial score (nSPS) is 15.1. The lowest BCUT2D eigenvalue weighted by Gasteiger charge is -2.44. The standard InChI is InChI=1S/C27H38N4O5/c1-7-18-11-8-9-14-20(18)23(24(33)29-17(2)3)31(19-12-10-13-19)25(34)21(15-16-22(28)32)30-26(35)36-27(4,5)6/h1,8-9,11,14,17,19,21,23H,10,12-13,15-16H2,2-6H3,(H2,28,32)(H,29,33)(H,30,35). The second-order valence-corrected chi connectivity index (χ2v) is 10.3. The molecule has 0 bridgehead atoms. The van der Waals surface area contributed by atoms with Gasteiger partial charge in [-0.2, -0.15) is 0 Å². The highest BCUT2D eigenvalue weighted by atomic mass is 16.6. The van der Waals surface area contributed by atoms with Gasteiger partial charge in [0.15, 0.2) is 0 Å². The molecule has 1 aromatic carbocycles. The van der Waals surface area contributed by atoms with Gasteiger partial charge >= 0.3 is 6.09 Å². The molecule has 0 saturated heterocycles. The average molecular weight is 499 g/mol. The first kappa shape index (κ1) is 28.7. The number of carbonyl (C=O) groups excluding carboxylic acids is 4. The molecule has 2 unspecified atom stereocenters. The molecule has 1 saturated carbocycles. The van der Waals surface area contributed by atoms with E-state index in [1.54, 1.807) is 45.0 Å². The molecule has 196 valence electrons. The quantitative estimate of drug-likeness (QED) is 0.427. The average Bonchev–Trinajstić information content (AvgIpc) is 2.72. The van der Waals surface area contributed by atoms with Crippen molar-refractivity contribution in [1.82, 2.24) is 15.5 Å². The fraction of sp³-hybridized carbons (Fsp3) is 0.556. The molecule has 36 heavy (non-hydrogen) atoms. The van der Waals surface area contributed by atoms with Crippen LogP contribution in [0, 0.1) is 12.3 Å². The first-order valence-corrected chi connectivity index (χ1v) is 12.3. The predicted molar refractivity (Wildman–Crippen MR) is 136 cm³/mol. The van der Waals surface area contributed by atoms with Crippen LogP contribution in [0.5, 0.6) is 0 Å². The third-order valence-electron chi connectivity index (χ3n) is 5.76. The molecule has 0 aromatic heterocycles. The molecule has 0 aliphatic heterocycles. The predicted octanol–water partition coefficient (Wildman–Crippen LogP) is 2.77. The number of terminal acetylenes is 1. The fourth-order valence-corrected chi connectivity index (χ4v) is 4.00. The highest BCUT2D eigenvalue weighted by molar-refractivity contribution is 5.93. The topological polar surface area (TPSA) is 131 Å². The van der Waals surface area contributed by atoms with Gasteiger partial charge in [-0.15, -0.1) is 6.42 Å². The first-order valence-electron chi connectivity index (χ1n) is 12.3. The molecular weight excluding hydrogens is 460 g/mol. The van der Waals surface area contributed by atoms with E-state index in [1.165, 1.54) is 4.90 Å². The van der Waals surface area contributed by atoms with Crippen LogP contribution in [0.1, 0.15) is 83.9 Å². The van der Waals surface area contributed by atoms with E-state index in [2.05, 4.69) is 16.6 Å². The molecule has 4 amide bonds. The zero-order chi connectivity index (χ0) is 27.0. The second kappa shape index (κ2) is 12.4. The molecule has 4 N–H and O–H groups in total. The Hall–Kier alpha value is -3.54. The summed E-state index contributed by atoms with van der Waals surface area (Å²) >= 11 is 0. The Labute approximate surface area is 213 Å². The minimum atomic E-state index is -1.12. The molecule has 1 fully saturated rings. The van der Waals surface area contributed by atoms with Crippen LogP contribution in [0.3, 0.4) is 0 Å². The van der Waals surface area contributed by atoms with Gasteiger partial charge in [-0.1, -0.05) is 24.1 Å². The number of hydrogen-bond donors (Lipinski definition) is 3. The Morgan fingerprint density at radius 3 is 2.31 bits per heavy atom. The molecule has 0 heterocycles. The molecule has 2 rings (SSSR count). The largest absolute Gasteiger partial charge is 0.444 e. The van der Waals surface area contributed by atoms with Gasteiger partial charge in [-0.05, 0) is 71.9 Å². The van der Waals surface area contributed by atoms with Gasteiger partial charge in [-0.3, -0.25) is 14.4 Å². The van der Waals surface area contributed by atoms with E-state index in [0.717, 1.165) is 6.42 Å². The third-order valence-corrected chi connectivity index (χ3v) is 5.76. The molecule has 0 radical (unpaired) electrons. The zero-order valence-corrected chi connectivity index (χ0v) is 21.8. The molecule has 2 atom stereocenters. The van der Waals surface area contributed by atoms with E-state index in [4.69, 9.17) is 16.9 Å². The van der Waals surface area contributed by atoms with Gasteiger partial charge < -0.3 is 26.0 Å². The lowest BCUT2D eigenvalue weighted by Crippen LogP contribution is -2.58. The Kier molecular flexibility index (Phi) is 9.91. The number of nitrogens with one attached hydrogen (secondary N) is 2. The highest BCUT2D eigenvalue weighted by Gasteiger charge is 2.42. The number of carbonyl (C=O) groups is 4. The summed E-state index contributed by atoms with van der Waals surface area (Å²) in [5.41, 5.74) is 5.56. The van der Waals surface area contributed by atoms with Crippen LogP contribution in [0.25, 0.3) is 0 Å². The van der Waals surface area contributed by atoms with E-state index in [9.17, 15) is 19.2 Å². The lowest BCUT2D eigenvalue weighted by atomic mass is 9.87. The molecule has 1 aromatic rings. The van der Waals surface area contributed by atoms with Crippen molar-refractivity contribution >= 4 is 23.8 Å². The van der Waals surface area contributed by atoms with E-state index in [1.807, 2.05) is 13.8 Å². The van der Waals surface area contributed by atoms with Crippen LogP contribution in [0.4, 0.5) is 4.79 Å². The van der Waals surface area contributed by atoms with E-state index >= 15 is 0 Å². The van der Waals surface area contributed by atoms with Crippen molar-refractivity contribution in [3.63, 3.8) is 0 Å². The number of hydrogen-bond acceptors (Lipinski definition) is 5. The summed E-state index contributed by atoms with van der Waals surface area (Å²) in [6.07, 6.45) is 7.07. The maximum atomic E-state index is 14.1. The minimum absolute atomic E-state index is 0.0358. The number of alkyl carbamates (subject to hydrolysis) is 1. The summed E-state index contributed by atoms with van der Waals surface area (Å²) < 4.78 is 5.34. The number of nitrogens with two attached hydrogens (primary N) is 1. The maximum Gasteiger partial charge on any atom is 0.408 e. The zero-order valence-electron chi connectivity index (χ0n) is 21.8. The fourth-order valence-electron chi connectivity index (χ4n) is 4.00. The monoisotopic (exact) mass is 498 g/mol. The smallest absolute Gasteiger partial charge is 0.408 e. The molecule has 9 nitrogen and oxygen atoms in total. The maximum absolute atomic E-state index is 14.1. The van der Waals surface area contributed by atoms with E-state index < -0.39 is 35.6 Å². The van der Waals surface area contributed by atoms with E-state index in [-0.39, 0.29) is 30.8 Å². The number of benzene rings is 1. The van der Waals surface area contributed by atoms with Crippen molar-refractivity contribution in [3.8, 4) is 12.3 Å². The summed E-state index contributed by atoms with van der Waals surface area (Å²) in [7, 11) is 0. The number of amides is 4. The van der Waals surface area contributed by atoms with Crippen LogP contribution in [-0.4, -0.2) is 52.4 Å². The van der Waals surface area contributed by atoms with Crippen molar-refractivity contribution in [1.29, 1.82) is 0 Å². The van der Waals surface area contributed by atoms with E-state index in [0.29, 0.717) is 24.0 Å². The van der Waals surface area contributed by atoms with Gasteiger partial charge in [-0.25, -0.2) is 4.79 Å². The van der Waals surface area contributed by atoms with Crippen LogP contribution < -0.4 is 16.4 Å². The Morgan fingerprint density at radius 1 is 1.17 bits per heavy atom. The van der Waals surface area contributed by atoms with Crippen molar-refractivity contribution in [2.45, 2.75) is 96.5 Å². The van der Waals surface area contributed by atoms with Gasteiger partial charge in [0.2, 0.25) is 17.7 Å². The molecule has 0 spiro atoms. The van der Waals surface area contributed by atoms with Crippen LogP contribution >= 0.6 is 0 Å². The lowest BCUT2D eigenvalue weighted by molar-refractivity contribution is -0.147. The number of rotatable bonds is 10. The summed E-state index contributed by atoms with van der Waals surface area (Å²) in [6, 6.07) is 4.43. The molecule has 1 aliphatic rings. The van der Waals surface area contributed by atoms with Gasteiger partial charge in [0.25, 0.3) is 0 Å². The third kappa shape index (κ3) is 8.01. The molecular formula is C27H38N4O5. The summed E-state index contributed by atoms with van der Waals surface area (Å²) in [6.45, 7) is 8.78. The van der Waals surface area contributed by atoms with Gasteiger partial charge in [0.05, 0.1) is 0 Å². The number of primary amides is 1. The minimum Gasteiger partial charge on any atom is -0.444 e. The summed E-state index contributed by atoms with van der Waals surface area (Å²) in [4.78, 5) is 53.3. The summed E-state index contributed by atoms with van der Waals surface area (Å²) in [5, 5.41) is 5.50. The molecule has 9 heteroatoms. The van der Waals surface area contributed by atoms with Crippen molar-refractivity contribution in [3.05, 3.63) is 35.4 Å². The van der Waals surface area contributed by atoms with Crippen LogP contribution in [-0.2, 0) is 19.1 Å². The number of nitrogens with zero attached hydrogens (tertiary/aromatic N) is 1. The first-order chi connectivity index (χ1) is 16.8. The molecule has 1 aliphatic carbocycles. The van der Waals surface area contributed by atoms with Crippen molar-refractivity contribution < 1.29 is 23.9 Å². The van der Waals surface area contributed by atoms with Crippen molar-refractivity contribution in [2.24, 2.45) is 5.73 Å². The van der Waals surface area contributed by atoms with Crippen molar-refractivity contribution in [2.75, 3.05) is 0 Å². The SMILES string of the molecule is C#Cc1ccccc1C(C(=O)NC(C)C)N(C(=O)C(CCC(N)=O)NC(=O)OC(C)(C)C)C1CCC1.